The van der Waals surface area contributed by atoms with Crippen molar-refractivity contribution in [1.82, 2.24) is 0 Å². The highest BCUT2D eigenvalue weighted by Crippen LogP contribution is 2.29. The minimum Gasteiger partial charge on any atom is -0.388 e. The summed E-state index contributed by atoms with van der Waals surface area (Å²) in [5.74, 6) is 0. The summed E-state index contributed by atoms with van der Waals surface area (Å²) in [5.41, 5.74) is 1.57. The normalized spacial score (nSPS) is 12.6. The Hall–Kier alpha value is -0.500. The molecule has 76 valence electrons. The van der Waals surface area contributed by atoms with Gasteiger partial charge in [0.1, 0.15) is 0 Å². The van der Waals surface area contributed by atoms with Crippen LogP contribution >= 0.6 is 23.2 Å². The Morgan fingerprint density at radius 3 is 2.71 bits per heavy atom. The Bertz CT molecular complexity index is 347. The molecule has 1 unspecified atom stereocenters. The molecule has 14 heavy (non-hydrogen) atoms. The molecule has 1 N–H and O–H groups in total. The maximum absolute atomic E-state index is 9.79. The van der Waals surface area contributed by atoms with E-state index in [9.17, 15) is 5.11 Å². The predicted molar refractivity (Wildman–Crippen MR) is 60.9 cm³/mol. The van der Waals surface area contributed by atoms with Gasteiger partial charge in [0.2, 0.25) is 0 Å². The van der Waals surface area contributed by atoms with Gasteiger partial charge in [0.05, 0.1) is 6.10 Å². The SMILES string of the molecule is C=C(C)CC(O)c1cc(Cl)ccc1Cl. The van der Waals surface area contributed by atoms with Crippen molar-refractivity contribution in [2.24, 2.45) is 0 Å². The van der Waals surface area contributed by atoms with Crippen molar-refractivity contribution < 1.29 is 5.11 Å². The van der Waals surface area contributed by atoms with Crippen LogP contribution < -0.4 is 0 Å². The highest BCUT2D eigenvalue weighted by Gasteiger charge is 2.11. The third-order valence-corrected chi connectivity index (χ3v) is 2.44. The molecule has 0 bridgehead atoms. The van der Waals surface area contributed by atoms with Crippen molar-refractivity contribution in [3.05, 3.63) is 46.0 Å². The summed E-state index contributed by atoms with van der Waals surface area (Å²) in [5, 5.41) is 10.9. The molecule has 0 radical (unpaired) electrons. The molecular formula is C11H12Cl2O. The quantitative estimate of drug-likeness (QED) is 0.779. The number of benzene rings is 1. The Kier molecular flexibility index (Phi) is 3.99. The molecule has 1 aromatic carbocycles. The maximum Gasteiger partial charge on any atom is 0.0841 e. The number of rotatable bonds is 3. The van der Waals surface area contributed by atoms with Crippen LogP contribution in [-0.4, -0.2) is 5.11 Å². The summed E-state index contributed by atoms with van der Waals surface area (Å²) < 4.78 is 0. The van der Waals surface area contributed by atoms with Gasteiger partial charge in [-0.1, -0.05) is 28.8 Å². The van der Waals surface area contributed by atoms with E-state index in [4.69, 9.17) is 23.2 Å². The molecule has 0 aliphatic carbocycles. The summed E-state index contributed by atoms with van der Waals surface area (Å²) in [6, 6.07) is 5.05. The molecule has 0 heterocycles. The van der Waals surface area contributed by atoms with Crippen molar-refractivity contribution in [3.63, 3.8) is 0 Å². The zero-order valence-corrected chi connectivity index (χ0v) is 9.44. The second-order valence-corrected chi connectivity index (χ2v) is 4.19. The van der Waals surface area contributed by atoms with E-state index in [1.165, 1.54) is 0 Å². The molecule has 3 heteroatoms. The lowest BCUT2D eigenvalue weighted by atomic mass is 10.0. The van der Waals surface area contributed by atoms with Crippen molar-refractivity contribution >= 4 is 23.2 Å². The molecule has 0 saturated heterocycles. The van der Waals surface area contributed by atoms with Crippen LogP contribution in [0.1, 0.15) is 25.0 Å². The summed E-state index contributed by atoms with van der Waals surface area (Å²) in [4.78, 5) is 0. The topological polar surface area (TPSA) is 20.2 Å². The average Bonchev–Trinajstić information content (AvgIpc) is 2.08. The first kappa shape index (κ1) is 11.6. The molecule has 1 rings (SSSR count). The fraction of sp³-hybridized carbons (Fsp3) is 0.273. The van der Waals surface area contributed by atoms with Gasteiger partial charge in [0, 0.05) is 15.6 Å². The first-order chi connectivity index (χ1) is 6.50. The van der Waals surface area contributed by atoms with Gasteiger partial charge in [-0.2, -0.15) is 0 Å². The van der Waals surface area contributed by atoms with Crippen LogP contribution in [0.25, 0.3) is 0 Å². The van der Waals surface area contributed by atoms with Crippen LogP contribution in [0.4, 0.5) is 0 Å². The number of hydrogen-bond donors (Lipinski definition) is 1. The zero-order chi connectivity index (χ0) is 10.7. The highest BCUT2D eigenvalue weighted by molar-refractivity contribution is 6.33. The van der Waals surface area contributed by atoms with E-state index in [0.29, 0.717) is 22.0 Å². The van der Waals surface area contributed by atoms with Gasteiger partial charge in [0.25, 0.3) is 0 Å². The number of hydrogen-bond acceptors (Lipinski definition) is 1. The molecule has 0 aromatic heterocycles. The second-order valence-electron chi connectivity index (χ2n) is 3.34. The van der Waals surface area contributed by atoms with Gasteiger partial charge in [-0.05, 0) is 31.5 Å². The lowest BCUT2D eigenvalue weighted by Gasteiger charge is -2.12. The first-order valence-electron chi connectivity index (χ1n) is 4.28. The minimum atomic E-state index is -0.626. The summed E-state index contributed by atoms with van der Waals surface area (Å²) in [7, 11) is 0. The molecule has 0 spiro atoms. The summed E-state index contributed by atoms with van der Waals surface area (Å²) in [6.07, 6.45) is -0.126. The minimum absolute atomic E-state index is 0.500. The Morgan fingerprint density at radius 1 is 1.50 bits per heavy atom. The molecular weight excluding hydrogens is 219 g/mol. The predicted octanol–water partition coefficient (Wildman–Crippen LogP) is 3.99. The lowest BCUT2D eigenvalue weighted by Crippen LogP contribution is -1.98. The van der Waals surface area contributed by atoms with E-state index in [1.54, 1.807) is 18.2 Å². The average molecular weight is 231 g/mol. The van der Waals surface area contributed by atoms with Crippen molar-refractivity contribution in [2.45, 2.75) is 19.4 Å². The Morgan fingerprint density at radius 2 is 2.14 bits per heavy atom. The monoisotopic (exact) mass is 230 g/mol. The van der Waals surface area contributed by atoms with E-state index < -0.39 is 6.10 Å². The smallest absolute Gasteiger partial charge is 0.0841 e. The molecule has 0 aliphatic rings. The van der Waals surface area contributed by atoms with E-state index in [2.05, 4.69) is 6.58 Å². The van der Waals surface area contributed by atoms with E-state index in [1.807, 2.05) is 6.92 Å². The molecule has 0 amide bonds. The summed E-state index contributed by atoms with van der Waals surface area (Å²) in [6.45, 7) is 5.60. The fourth-order valence-corrected chi connectivity index (χ4v) is 1.63. The standard InChI is InChI=1S/C11H12Cl2O/c1-7(2)5-11(14)9-6-8(12)3-4-10(9)13/h3-4,6,11,14H,1,5H2,2H3. The van der Waals surface area contributed by atoms with Crippen molar-refractivity contribution in [2.75, 3.05) is 0 Å². The van der Waals surface area contributed by atoms with Crippen LogP contribution in [0.15, 0.2) is 30.4 Å². The van der Waals surface area contributed by atoms with Gasteiger partial charge in [-0.3, -0.25) is 0 Å². The number of aliphatic hydroxyl groups is 1. The summed E-state index contributed by atoms with van der Waals surface area (Å²) >= 11 is 11.7. The molecule has 1 atom stereocenters. The largest absolute Gasteiger partial charge is 0.388 e. The van der Waals surface area contributed by atoms with Gasteiger partial charge >= 0.3 is 0 Å². The van der Waals surface area contributed by atoms with Crippen LogP contribution in [0.3, 0.4) is 0 Å². The van der Waals surface area contributed by atoms with Crippen LogP contribution in [0, 0.1) is 0 Å². The molecule has 0 aliphatic heterocycles. The lowest BCUT2D eigenvalue weighted by molar-refractivity contribution is 0.178. The molecule has 1 aromatic rings. The molecule has 0 saturated carbocycles. The maximum atomic E-state index is 9.79. The molecule has 0 fully saturated rings. The number of aliphatic hydroxyl groups excluding tert-OH is 1. The van der Waals surface area contributed by atoms with E-state index in [0.717, 1.165) is 5.57 Å². The van der Waals surface area contributed by atoms with Gasteiger partial charge < -0.3 is 5.11 Å². The third-order valence-electron chi connectivity index (χ3n) is 1.86. The van der Waals surface area contributed by atoms with Crippen LogP contribution in [0.2, 0.25) is 10.0 Å². The van der Waals surface area contributed by atoms with Crippen molar-refractivity contribution in [1.29, 1.82) is 0 Å². The third kappa shape index (κ3) is 3.02. The zero-order valence-electron chi connectivity index (χ0n) is 7.93. The Labute approximate surface area is 94.0 Å². The highest BCUT2D eigenvalue weighted by atomic mass is 35.5. The van der Waals surface area contributed by atoms with Gasteiger partial charge in [-0.15, -0.1) is 6.58 Å². The van der Waals surface area contributed by atoms with E-state index in [-0.39, 0.29) is 0 Å². The number of halogens is 2. The van der Waals surface area contributed by atoms with Crippen LogP contribution in [-0.2, 0) is 0 Å². The molecule has 1 nitrogen and oxygen atoms in total. The van der Waals surface area contributed by atoms with Crippen molar-refractivity contribution in [3.8, 4) is 0 Å². The van der Waals surface area contributed by atoms with Crippen LogP contribution in [0.5, 0.6) is 0 Å². The van der Waals surface area contributed by atoms with Gasteiger partial charge in [0.15, 0.2) is 0 Å². The van der Waals surface area contributed by atoms with E-state index >= 15 is 0 Å². The second kappa shape index (κ2) is 4.83. The fourth-order valence-electron chi connectivity index (χ4n) is 1.21. The van der Waals surface area contributed by atoms with Gasteiger partial charge in [-0.25, -0.2) is 0 Å². The Balaban J connectivity index is 2.93. The first-order valence-corrected chi connectivity index (χ1v) is 5.03.